The van der Waals surface area contributed by atoms with E-state index in [0.717, 1.165) is 24.4 Å². The minimum atomic E-state index is -0.233. The van der Waals surface area contributed by atoms with E-state index in [9.17, 15) is 9.59 Å². The summed E-state index contributed by atoms with van der Waals surface area (Å²) in [5.41, 5.74) is 0. The highest BCUT2D eigenvalue weighted by molar-refractivity contribution is 7.10. The van der Waals surface area contributed by atoms with Gasteiger partial charge in [0.05, 0.1) is 12.5 Å². The molecule has 2 heterocycles. The van der Waals surface area contributed by atoms with Crippen molar-refractivity contribution in [3.63, 3.8) is 0 Å². The molecule has 2 amide bonds. The monoisotopic (exact) mass is 323 g/mol. The van der Waals surface area contributed by atoms with Crippen LogP contribution in [-0.2, 0) is 9.59 Å². The third-order valence-corrected chi connectivity index (χ3v) is 5.08. The van der Waals surface area contributed by atoms with Crippen LogP contribution in [0.5, 0.6) is 0 Å². The first kappa shape index (κ1) is 17.0. The largest absolute Gasteiger partial charge is 0.354 e. The van der Waals surface area contributed by atoms with Gasteiger partial charge in [-0.15, -0.1) is 11.3 Å². The Morgan fingerprint density at radius 2 is 2.32 bits per heavy atom. The quantitative estimate of drug-likeness (QED) is 0.806. The van der Waals surface area contributed by atoms with Crippen molar-refractivity contribution in [2.75, 3.05) is 19.6 Å². The summed E-state index contributed by atoms with van der Waals surface area (Å²) in [6, 6.07) is 4.11. The number of hydrogen-bond donors (Lipinski definition) is 2. The fourth-order valence-corrected chi connectivity index (χ4v) is 3.77. The highest BCUT2D eigenvalue weighted by atomic mass is 32.1. The van der Waals surface area contributed by atoms with Gasteiger partial charge in [-0.3, -0.25) is 14.5 Å². The van der Waals surface area contributed by atoms with Crippen molar-refractivity contribution in [1.29, 1.82) is 0 Å². The molecule has 1 aromatic rings. The lowest BCUT2D eigenvalue weighted by Gasteiger charge is -2.23. The maximum Gasteiger partial charge on any atom is 0.222 e. The Bertz CT molecular complexity index is 490. The van der Waals surface area contributed by atoms with Crippen molar-refractivity contribution in [2.24, 2.45) is 0 Å². The highest BCUT2D eigenvalue weighted by Crippen LogP contribution is 2.22. The second kappa shape index (κ2) is 8.29. The molecule has 5 nitrogen and oxygen atoms in total. The number of carbonyl (C=O) groups excluding carboxylic acids is 2. The van der Waals surface area contributed by atoms with Gasteiger partial charge in [0.1, 0.15) is 0 Å². The smallest absolute Gasteiger partial charge is 0.222 e. The Morgan fingerprint density at radius 3 is 2.95 bits per heavy atom. The van der Waals surface area contributed by atoms with Crippen LogP contribution in [-0.4, -0.2) is 42.4 Å². The van der Waals surface area contributed by atoms with E-state index in [4.69, 9.17) is 0 Å². The minimum Gasteiger partial charge on any atom is -0.354 e. The molecular formula is C16H25N3O2S. The standard InChI is InChI=1S/C16H25N3O2S/c1-3-19-8-4-6-13(19)11-17-16(21)10-14(18-12(2)20)15-7-5-9-22-15/h5,7,9,13-14H,3-4,6,8,10-11H2,1-2H3,(H,17,21)(H,18,20)/t13-,14+/m0/s1. The first-order valence-electron chi connectivity index (χ1n) is 7.91. The van der Waals surface area contributed by atoms with Gasteiger partial charge in [0.15, 0.2) is 0 Å². The molecule has 1 aliphatic heterocycles. The van der Waals surface area contributed by atoms with E-state index >= 15 is 0 Å². The number of thiophene rings is 1. The summed E-state index contributed by atoms with van der Waals surface area (Å²) in [5.74, 6) is -0.116. The second-order valence-electron chi connectivity index (χ2n) is 5.70. The molecule has 0 aliphatic carbocycles. The molecule has 0 saturated carbocycles. The lowest BCUT2D eigenvalue weighted by molar-refractivity contribution is -0.122. The number of rotatable bonds is 7. The predicted molar refractivity (Wildman–Crippen MR) is 88.8 cm³/mol. The molecule has 0 spiro atoms. The third-order valence-electron chi connectivity index (χ3n) is 4.09. The normalized spacial score (nSPS) is 19.8. The summed E-state index contributed by atoms with van der Waals surface area (Å²) in [7, 11) is 0. The Balaban J connectivity index is 1.84. The van der Waals surface area contributed by atoms with Gasteiger partial charge in [-0.05, 0) is 37.4 Å². The lowest BCUT2D eigenvalue weighted by Crippen LogP contribution is -2.41. The lowest BCUT2D eigenvalue weighted by atomic mass is 10.1. The minimum absolute atomic E-state index is 0.00453. The van der Waals surface area contributed by atoms with Crippen molar-refractivity contribution in [3.8, 4) is 0 Å². The summed E-state index contributed by atoms with van der Waals surface area (Å²) in [5, 5.41) is 7.85. The Morgan fingerprint density at radius 1 is 1.50 bits per heavy atom. The summed E-state index contributed by atoms with van der Waals surface area (Å²) >= 11 is 1.56. The number of carbonyl (C=O) groups is 2. The van der Waals surface area contributed by atoms with Crippen LogP contribution in [0.3, 0.4) is 0 Å². The zero-order valence-electron chi connectivity index (χ0n) is 13.3. The van der Waals surface area contributed by atoms with Gasteiger partial charge in [0.25, 0.3) is 0 Å². The molecular weight excluding hydrogens is 298 g/mol. The van der Waals surface area contributed by atoms with E-state index in [2.05, 4.69) is 22.5 Å². The number of hydrogen-bond acceptors (Lipinski definition) is 4. The predicted octanol–water partition coefficient (Wildman–Crippen LogP) is 1.92. The second-order valence-corrected chi connectivity index (χ2v) is 6.68. The molecule has 0 unspecified atom stereocenters. The van der Waals surface area contributed by atoms with Gasteiger partial charge in [-0.25, -0.2) is 0 Å². The number of likely N-dealkylation sites (tertiary alicyclic amines) is 1. The van der Waals surface area contributed by atoms with E-state index < -0.39 is 0 Å². The van der Waals surface area contributed by atoms with Gasteiger partial charge < -0.3 is 10.6 Å². The Kier molecular flexibility index (Phi) is 6.39. The maximum absolute atomic E-state index is 12.2. The molecule has 0 aromatic carbocycles. The molecule has 122 valence electrons. The van der Waals surface area contributed by atoms with Crippen molar-refractivity contribution >= 4 is 23.2 Å². The maximum atomic E-state index is 12.2. The molecule has 22 heavy (non-hydrogen) atoms. The van der Waals surface area contributed by atoms with Gasteiger partial charge in [0.2, 0.25) is 11.8 Å². The van der Waals surface area contributed by atoms with Gasteiger partial charge in [0, 0.05) is 24.4 Å². The molecule has 1 saturated heterocycles. The Hall–Kier alpha value is -1.40. The van der Waals surface area contributed by atoms with Gasteiger partial charge in [-0.2, -0.15) is 0 Å². The van der Waals surface area contributed by atoms with Crippen LogP contribution >= 0.6 is 11.3 Å². The van der Waals surface area contributed by atoms with Gasteiger partial charge in [-0.1, -0.05) is 13.0 Å². The first-order valence-corrected chi connectivity index (χ1v) is 8.79. The first-order chi connectivity index (χ1) is 10.6. The molecule has 0 bridgehead atoms. The molecule has 1 aliphatic rings. The van der Waals surface area contributed by atoms with Crippen LogP contribution in [0.4, 0.5) is 0 Å². The average Bonchev–Trinajstić information content (AvgIpc) is 3.15. The van der Waals surface area contributed by atoms with Crippen LogP contribution in [0.1, 0.15) is 44.0 Å². The van der Waals surface area contributed by atoms with Crippen molar-refractivity contribution < 1.29 is 9.59 Å². The van der Waals surface area contributed by atoms with Crippen molar-refractivity contribution in [2.45, 2.75) is 45.2 Å². The van der Waals surface area contributed by atoms with Crippen LogP contribution in [0.15, 0.2) is 17.5 Å². The topological polar surface area (TPSA) is 61.4 Å². The number of amides is 2. The summed E-state index contributed by atoms with van der Waals surface area (Å²) in [6.45, 7) is 6.49. The van der Waals surface area contributed by atoms with Crippen molar-refractivity contribution in [3.05, 3.63) is 22.4 Å². The molecule has 2 N–H and O–H groups in total. The summed E-state index contributed by atoms with van der Waals surface area (Å²) in [4.78, 5) is 27.0. The van der Waals surface area contributed by atoms with Crippen LogP contribution in [0.2, 0.25) is 0 Å². The van der Waals surface area contributed by atoms with Gasteiger partial charge >= 0.3 is 0 Å². The SMILES string of the molecule is CCN1CCC[C@H]1CNC(=O)C[C@@H](NC(C)=O)c1cccs1. The zero-order valence-corrected chi connectivity index (χ0v) is 14.1. The summed E-state index contributed by atoms with van der Waals surface area (Å²) < 4.78 is 0. The molecule has 0 radical (unpaired) electrons. The molecule has 1 fully saturated rings. The Labute approximate surface area is 136 Å². The number of nitrogens with zero attached hydrogens (tertiary/aromatic N) is 1. The highest BCUT2D eigenvalue weighted by Gasteiger charge is 2.24. The van der Waals surface area contributed by atoms with Crippen LogP contribution in [0, 0.1) is 0 Å². The van der Waals surface area contributed by atoms with Crippen LogP contribution < -0.4 is 10.6 Å². The molecule has 1 aromatic heterocycles. The van der Waals surface area contributed by atoms with Crippen molar-refractivity contribution in [1.82, 2.24) is 15.5 Å². The fraction of sp³-hybridized carbons (Fsp3) is 0.625. The molecule has 6 heteroatoms. The zero-order chi connectivity index (χ0) is 15.9. The average molecular weight is 323 g/mol. The molecule has 2 atom stereocenters. The van der Waals surface area contributed by atoms with E-state index in [0.29, 0.717) is 19.0 Å². The molecule has 2 rings (SSSR count). The summed E-state index contributed by atoms with van der Waals surface area (Å²) in [6.07, 6.45) is 2.64. The third kappa shape index (κ3) is 4.81. The van der Waals surface area contributed by atoms with Crippen LogP contribution in [0.25, 0.3) is 0 Å². The number of nitrogens with one attached hydrogen (secondary N) is 2. The van der Waals surface area contributed by atoms with E-state index in [1.54, 1.807) is 11.3 Å². The van der Waals surface area contributed by atoms with E-state index in [1.807, 2.05) is 17.5 Å². The van der Waals surface area contributed by atoms with E-state index in [1.165, 1.54) is 13.3 Å². The van der Waals surface area contributed by atoms with E-state index in [-0.39, 0.29) is 17.9 Å². The number of likely N-dealkylation sites (N-methyl/N-ethyl adjacent to an activating group) is 1. The fourth-order valence-electron chi connectivity index (χ4n) is 2.99.